The summed E-state index contributed by atoms with van der Waals surface area (Å²) in [5.74, 6) is 0. The van der Waals surface area contributed by atoms with Gasteiger partial charge < -0.3 is 5.32 Å². The minimum absolute atomic E-state index is 0.394. The van der Waals surface area contributed by atoms with E-state index in [4.69, 9.17) is 0 Å². The molecule has 0 radical (unpaired) electrons. The minimum Gasteiger partial charge on any atom is -0.315 e. The van der Waals surface area contributed by atoms with Gasteiger partial charge in [0.2, 0.25) is 10.0 Å². The van der Waals surface area contributed by atoms with Crippen LogP contribution in [0.2, 0.25) is 0 Å². The summed E-state index contributed by atoms with van der Waals surface area (Å²) in [7, 11) is -1.58. The number of hydrogen-bond donors (Lipinski definition) is 2. The first-order valence-electron chi connectivity index (χ1n) is 6.80. The van der Waals surface area contributed by atoms with Crippen LogP contribution in [0, 0.1) is 6.92 Å². The number of aryl methyl sites for hydroxylation is 1. The molecule has 0 spiro atoms. The van der Waals surface area contributed by atoms with Gasteiger partial charge in [-0.25, -0.2) is 13.1 Å². The van der Waals surface area contributed by atoms with Crippen molar-refractivity contribution in [1.29, 1.82) is 0 Å². The van der Waals surface area contributed by atoms with Crippen LogP contribution in [0.1, 0.15) is 15.3 Å². The van der Waals surface area contributed by atoms with Crippen LogP contribution < -0.4 is 10.0 Å². The Balaban J connectivity index is 2.01. The molecule has 1 aromatic heterocycles. The molecule has 0 atom stereocenters. The van der Waals surface area contributed by atoms with E-state index < -0.39 is 10.0 Å². The lowest BCUT2D eigenvalue weighted by Gasteiger charge is -2.06. The molecule has 2 N–H and O–H groups in total. The monoisotopic (exact) mass is 324 g/mol. The summed E-state index contributed by atoms with van der Waals surface area (Å²) >= 11 is 1.51. The number of nitrogens with one attached hydrogen (secondary N) is 2. The average molecular weight is 324 g/mol. The second-order valence-electron chi connectivity index (χ2n) is 4.80. The summed E-state index contributed by atoms with van der Waals surface area (Å²) in [6.45, 7) is 2.93. The lowest BCUT2D eigenvalue weighted by molar-refractivity contribution is 0.581. The maximum atomic E-state index is 12.3. The van der Waals surface area contributed by atoms with Crippen molar-refractivity contribution in [3.8, 4) is 0 Å². The maximum Gasteiger partial charge on any atom is 0.241 e. The van der Waals surface area contributed by atoms with E-state index >= 15 is 0 Å². The summed E-state index contributed by atoms with van der Waals surface area (Å²) in [5.41, 5.74) is 1.12. The van der Waals surface area contributed by atoms with Gasteiger partial charge >= 0.3 is 0 Å². The highest BCUT2D eigenvalue weighted by atomic mass is 32.2. The Bertz CT molecular complexity index is 679. The fourth-order valence-corrected chi connectivity index (χ4v) is 4.78. The zero-order valence-corrected chi connectivity index (χ0v) is 13.9. The van der Waals surface area contributed by atoms with Gasteiger partial charge in [0, 0.05) is 22.8 Å². The predicted molar refractivity (Wildman–Crippen MR) is 87.2 cm³/mol. The van der Waals surface area contributed by atoms with E-state index in [0.29, 0.717) is 24.4 Å². The predicted octanol–water partition coefficient (Wildman–Crippen LogP) is 2.30. The minimum atomic E-state index is -3.43. The van der Waals surface area contributed by atoms with Crippen molar-refractivity contribution in [2.45, 2.75) is 24.8 Å². The molecule has 4 nitrogen and oxygen atoms in total. The van der Waals surface area contributed by atoms with Gasteiger partial charge in [-0.3, -0.25) is 0 Å². The van der Waals surface area contributed by atoms with Gasteiger partial charge in [0.1, 0.15) is 0 Å². The molecule has 114 valence electrons. The number of thiophene rings is 1. The van der Waals surface area contributed by atoms with Crippen LogP contribution in [0.5, 0.6) is 0 Å². The van der Waals surface area contributed by atoms with Crippen molar-refractivity contribution in [2.24, 2.45) is 0 Å². The molecule has 0 aliphatic heterocycles. The largest absolute Gasteiger partial charge is 0.315 e. The molecule has 21 heavy (non-hydrogen) atoms. The molecule has 0 saturated carbocycles. The molecule has 0 aliphatic carbocycles. The first-order valence-corrected chi connectivity index (χ1v) is 9.10. The van der Waals surface area contributed by atoms with E-state index in [0.717, 1.165) is 15.3 Å². The highest BCUT2D eigenvalue weighted by molar-refractivity contribution is 7.89. The van der Waals surface area contributed by atoms with Crippen molar-refractivity contribution in [2.75, 3.05) is 13.6 Å². The molecule has 0 aliphatic rings. The van der Waals surface area contributed by atoms with Gasteiger partial charge in [-0.15, -0.1) is 11.3 Å². The van der Waals surface area contributed by atoms with E-state index in [9.17, 15) is 8.42 Å². The molecular weight excluding hydrogens is 304 g/mol. The lowest BCUT2D eigenvalue weighted by atomic mass is 10.2. The average Bonchev–Trinajstić information content (AvgIpc) is 2.82. The third-order valence-corrected chi connectivity index (χ3v) is 5.88. The first-order chi connectivity index (χ1) is 10.0. The zero-order chi connectivity index (χ0) is 15.3. The quantitative estimate of drug-likeness (QED) is 0.821. The molecule has 0 fully saturated rings. The molecule has 6 heteroatoms. The van der Waals surface area contributed by atoms with E-state index in [2.05, 4.69) is 10.0 Å². The molecular formula is C15H20N2O2S2. The number of sulfonamides is 1. The Morgan fingerprint density at radius 2 is 1.90 bits per heavy atom. The van der Waals surface area contributed by atoms with Gasteiger partial charge in [-0.1, -0.05) is 30.3 Å². The van der Waals surface area contributed by atoms with Gasteiger partial charge in [0.15, 0.2) is 0 Å². The topological polar surface area (TPSA) is 58.2 Å². The fraction of sp³-hybridized carbons (Fsp3) is 0.333. The highest BCUT2D eigenvalue weighted by Crippen LogP contribution is 2.25. The summed E-state index contributed by atoms with van der Waals surface area (Å²) in [6.07, 6.45) is 0.687. The zero-order valence-electron chi connectivity index (χ0n) is 12.2. The van der Waals surface area contributed by atoms with Crippen LogP contribution in [-0.4, -0.2) is 22.0 Å². The molecule has 1 aromatic carbocycles. The van der Waals surface area contributed by atoms with Crippen LogP contribution >= 0.6 is 11.3 Å². The Morgan fingerprint density at radius 3 is 2.57 bits per heavy atom. The van der Waals surface area contributed by atoms with Crippen LogP contribution in [0.3, 0.4) is 0 Å². The van der Waals surface area contributed by atoms with Gasteiger partial charge in [-0.05, 0) is 32.0 Å². The van der Waals surface area contributed by atoms with E-state index in [-0.39, 0.29) is 0 Å². The second-order valence-corrected chi connectivity index (χ2v) is 7.87. The van der Waals surface area contributed by atoms with Crippen molar-refractivity contribution >= 4 is 21.4 Å². The Labute approximate surface area is 130 Å². The molecule has 1 heterocycles. The Morgan fingerprint density at radius 1 is 1.19 bits per heavy atom. The SMILES string of the molecule is CNCc1cc(S(=O)(=O)NCCc2ccccc2)c(C)s1. The normalized spacial score (nSPS) is 11.7. The number of hydrogen-bond acceptors (Lipinski definition) is 4. The number of rotatable bonds is 7. The Hall–Kier alpha value is -1.21. The molecule has 0 amide bonds. The molecule has 0 bridgehead atoms. The van der Waals surface area contributed by atoms with Gasteiger partial charge in [-0.2, -0.15) is 0 Å². The first kappa shape index (κ1) is 16.2. The molecule has 2 aromatic rings. The molecule has 0 unspecified atom stereocenters. The lowest BCUT2D eigenvalue weighted by Crippen LogP contribution is -2.26. The second kappa shape index (κ2) is 7.17. The van der Waals surface area contributed by atoms with Crippen molar-refractivity contribution in [1.82, 2.24) is 10.0 Å². The highest BCUT2D eigenvalue weighted by Gasteiger charge is 2.19. The Kier molecular flexibility index (Phi) is 5.52. The summed E-state index contributed by atoms with van der Waals surface area (Å²) in [4.78, 5) is 2.25. The summed E-state index contributed by atoms with van der Waals surface area (Å²) in [6, 6.07) is 11.6. The smallest absolute Gasteiger partial charge is 0.241 e. The summed E-state index contributed by atoms with van der Waals surface area (Å²) < 4.78 is 27.4. The van der Waals surface area contributed by atoms with Crippen LogP contribution in [0.4, 0.5) is 0 Å². The van der Waals surface area contributed by atoms with E-state index in [1.807, 2.05) is 44.3 Å². The number of benzene rings is 1. The molecule has 2 rings (SSSR count). The van der Waals surface area contributed by atoms with Crippen LogP contribution in [-0.2, 0) is 23.0 Å². The van der Waals surface area contributed by atoms with Crippen molar-refractivity contribution < 1.29 is 8.42 Å². The van der Waals surface area contributed by atoms with Crippen molar-refractivity contribution in [3.63, 3.8) is 0 Å². The fourth-order valence-electron chi connectivity index (χ4n) is 2.10. The maximum absolute atomic E-state index is 12.3. The van der Waals surface area contributed by atoms with Gasteiger partial charge in [0.25, 0.3) is 0 Å². The van der Waals surface area contributed by atoms with Crippen LogP contribution in [0.25, 0.3) is 0 Å². The molecule has 0 saturated heterocycles. The standard InChI is InChI=1S/C15H20N2O2S2/c1-12-15(10-14(20-12)11-16-2)21(18,19)17-9-8-13-6-4-3-5-7-13/h3-7,10,16-17H,8-9,11H2,1-2H3. The summed E-state index contributed by atoms with van der Waals surface area (Å²) in [5, 5.41) is 3.04. The van der Waals surface area contributed by atoms with E-state index in [1.165, 1.54) is 11.3 Å². The third-order valence-electron chi connectivity index (χ3n) is 3.11. The van der Waals surface area contributed by atoms with Crippen LogP contribution in [0.15, 0.2) is 41.3 Å². The van der Waals surface area contributed by atoms with Crippen molar-refractivity contribution in [3.05, 3.63) is 51.7 Å². The van der Waals surface area contributed by atoms with Gasteiger partial charge in [0.05, 0.1) is 4.90 Å². The third kappa shape index (κ3) is 4.38. The van der Waals surface area contributed by atoms with E-state index in [1.54, 1.807) is 6.07 Å².